The lowest BCUT2D eigenvalue weighted by atomic mass is 10.2. The fourth-order valence-corrected chi connectivity index (χ4v) is 2.17. The predicted octanol–water partition coefficient (Wildman–Crippen LogP) is 1.65. The second-order valence-corrected chi connectivity index (χ2v) is 3.81. The summed E-state index contributed by atoms with van der Waals surface area (Å²) < 4.78 is 0. The van der Waals surface area contributed by atoms with Crippen LogP contribution in [0, 0.1) is 0 Å². The number of aromatic nitrogens is 2. The molecule has 0 radical (unpaired) electrons. The van der Waals surface area contributed by atoms with Crippen molar-refractivity contribution in [1.29, 1.82) is 0 Å². The molecule has 3 N–H and O–H groups in total. The van der Waals surface area contributed by atoms with E-state index in [1.807, 2.05) is 0 Å². The number of nitrogens with zero attached hydrogens (tertiary/aromatic N) is 1. The van der Waals surface area contributed by atoms with Crippen LogP contribution in [0.25, 0.3) is 10.2 Å². The lowest BCUT2D eigenvalue weighted by molar-refractivity contribution is 0.988. The summed E-state index contributed by atoms with van der Waals surface area (Å²) in [6.45, 7) is 2.73. The molecule has 0 atom stereocenters. The van der Waals surface area contributed by atoms with Gasteiger partial charge in [0.15, 0.2) is 0 Å². The Morgan fingerprint density at radius 1 is 1.67 bits per heavy atom. The van der Waals surface area contributed by atoms with Crippen molar-refractivity contribution in [3.63, 3.8) is 0 Å². The molecule has 64 valence electrons. The zero-order valence-corrected chi connectivity index (χ0v) is 7.74. The third-order valence-electron chi connectivity index (χ3n) is 1.94. The molecule has 0 fully saturated rings. The summed E-state index contributed by atoms with van der Waals surface area (Å²) in [7, 11) is 0. The predicted molar refractivity (Wildman–Crippen MR) is 51.2 cm³/mol. The van der Waals surface area contributed by atoms with Crippen LogP contribution < -0.4 is 5.73 Å². The summed E-state index contributed by atoms with van der Waals surface area (Å²) in [4.78, 5) is 2.28. The van der Waals surface area contributed by atoms with Gasteiger partial charge in [0, 0.05) is 22.5 Å². The average molecular weight is 181 g/mol. The molecule has 0 unspecified atom stereocenters. The van der Waals surface area contributed by atoms with Gasteiger partial charge in [-0.2, -0.15) is 5.10 Å². The van der Waals surface area contributed by atoms with Crippen LogP contribution in [0.3, 0.4) is 0 Å². The Balaban J connectivity index is 2.60. The van der Waals surface area contributed by atoms with E-state index in [1.54, 1.807) is 11.3 Å². The van der Waals surface area contributed by atoms with Crippen LogP contribution in [-0.2, 0) is 13.0 Å². The first kappa shape index (κ1) is 7.76. The molecular weight excluding hydrogens is 170 g/mol. The molecule has 0 bridgehead atoms. The first-order valence-electron chi connectivity index (χ1n) is 4.01. The Bertz CT molecular complexity index is 388. The summed E-state index contributed by atoms with van der Waals surface area (Å²) in [5.74, 6) is 0. The Kier molecular flexibility index (Phi) is 1.86. The van der Waals surface area contributed by atoms with E-state index < -0.39 is 0 Å². The summed E-state index contributed by atoms with van der Waals surface area (Å²) in [5.41, 5.74) is 6.75. The van der Waals surface area contributed by atoms with Gasteiger partial charge in [0.2, 0.25) is 0 Å². The maximum absolute atomic E-state index is 5.54. The molecule has 0 aromatic carbocycles. The summed E-state index contributed by atoms with van der Waals surface area (Å²) in [6, 6.07) is 2.13. The normalized spacial score (nSPS) is 11.2. The van der Waals surface area contributed by atoms with Gasteiger partial charge in [0.25, 0.3) is 0 Å². The number of nitrogens with two attached hydrogens (primary N) is 1. The van der Waals surface area contributed by atoms with Gasteiger partial charge in [-0.05, 0) is 12.5 Å². The second kappa shape index (κ2) is 2.88. The van der Waals surface area contributed by atoms with Crippen molar-refractivity contribution in [1.82, 2.24) is 10.2 Å². The van der Waals surface area contributed by atoms with E-state index in [-0.39, 0.29) is 0 Å². The number of nitrogens with one attached hydrogen (secondary N) is 1. The van der Waals surface area contributed by atoms with Crippen LogP contribution in [0.4, 0.5) is 0 Å². The molecule has 0 amide bonds. The van der Waals surface area contributed by atoms with Gasteiger partial charge in [-0.3, -0.25) is 5.10 Å². The van der Waals surface area contributed by atoms with Crippen LogP contribution in [-0.4, -0.2) is 10.2 Å². The SMILES string of the molecule is CCc1[nH]nc2sc(CN)cc12. The largest absolute Gasteiger partial charge is 0.326 e. The highest BCUT2D eigenvalue weighted by Gasteiger charge is 2.06. The number of fused-ring (bicyclic) bond motifs is 1. The van der Waals surface area contributed by atoms with Gasteiger partial charge in [0.1, 0.15) is 4.83 Å². The van der Waals surface area contributed by atoms with Crippen molar-refractivity contribution >= 4 is 21.6 Å². The van der Waals surface area contributed by atoms with Gasteiger partial charge in [-0.15, -0.1) is 11.3 Å². The van der Waals surface area contributed by atoms with Crippen molar-refractivity contribution < 1.29 is 0 Å². The van der Waals surface area contributed by atoms with Crippen molar-refractivity contribution in [2.24, 2.45) is 5.73 Å². The topological polar surface area (TPSA) is 54.7 Å². The highest BCUT2D eigenvalue weighted by molar-refractivity contribution is 7.18. The zero-order chi connectivity index (χ0) is 8.55. The van der Waals surface area contributed by atoms with Crippen LogP contribution >= 0.6 is 11.3 Å². The first-order chi connectivity index (χ1) is 5.85. The molecule has 2 aromatic heterocycles. The minimum atomic E-state index is 0.615. The number of thiophene rings is 1. The lowest BCUT2D eigenvalue weighted by Gasteiger charge is -1.87. The molecule has 0 spiro atoms. The Morgan fingerprint density at radius 2 is 2.50 bits per heavy atom. The molecule has 2 heterocycles. The third-order valence-corrected chi connectivity index (χ3v) is 2.99. The fraction of sp³-hybridized carbons (Fsp3) is 0.375. The van der Waals surface area contributed by atoms with Gasteiger partial charge in [-0.25, -0.2) is 0 Å². The van der Waals surface area contributed by atoms with E-state index in [0.717, 1.165) is 11.3 Å². The van der Waals surface area contributed by atoms with Gasteiger partial charge >= 0.3 is 0 Å². The number of H-pyrrole nitrogens is 1. The fourth-order valence-electron chi connectivity index (χ4n) is 1.28. The molecule has 4 heteroatoms. The van der Waals surface area contributed by atoms with Crippen molar-refractivity contribution in [2.45, 2.75) is 19.9 Å². The summed E-state index contributed by atoms with van der Waals surface area (Å²) in [6.07, 6.45) is 0.997. The van der Waals surface area contributed by atoms with Crippen molar-refractivity contribution in [3.8, 4) is 0 Å². The molecule has 0 aliphatic rings. The van der Waals surface area contributed by atoms with Crippen LogP contribution in [0.15, 0.2) is 6.07 Å². The van der Waals surface area contributed by atoms with Crippen molar-refractivity contribution in [3.05, 3.63) is 16.6 Å². The molecule has 2 rings (SSSR count). The average Bonchev–Trinajstić information content (AvgIpc) is 2.61. The monoisotopic (exact) mass is 181 g/mol. The molecule has 2 aromatic rings. The molecule has 0 aliphatic carbocycles. The Labute approximate surface area is 74.6 Å². The highest BCUT2D eigenvalue weighted by atomic mass is 32.1. The van der Waals surface area contributed by atoms with Gasteiger partial charge in [-0.1, -0.05) is 6.92 Å². The quantitative estimate of drug-likeness (QED) is 0.740. The number of rotatable bonds is 2. The van der Waals surface area contributed by atoms with E-state index in [0.29, 0.717) is 6.54 Å². The molecule has 0 saturated carbocycles. The maximum atomic E-state index is 5.54. The smallest absolute Gasteiger partial charge is 0.145 e. The summed E-state index contributed by atoms with van der Waals surface area (Å²) >= 11 is 1.67. The molecule has 0 aliphatic heterocycles. The third kappa shape index (κ3) is 1.04. The van der Waals surface area contributed by atoms with Gasteiger partial charge < -0.3 is 5.73 Å². The number of hydrogen-bond donors (Lipinski definition) is 2. The van der Waals surface area contributed by atoms with Crippen LogP contribution in [0.2, 0.25) is 0 Å². The minimum absolute atomic E-state index is 0.615. The number of aromatic amines is 1. The van der Waals surface area contributed by atoms with Crippen molar-refractivity contribution in [2.75, 3.05) is 0 Å². The Morgan fingerprint density at radius 3 is 3.17 bits per heavy atom. The second-order valence-electron chi connectivity index (χ2n) is 2.69. The maximum Gasteiger partial charge on any atom is 0.145 e. The molecular formula is C8H11N3S. The van der Waals surface area contributed by atoms with Crippen LogP contribution in [0.5, 0.6) is 0 Å². The van der Waals surface area contributed by atoms with Crippen LogP contribution in [0.1, 0.15) is 17.5 Å². The Hall–Kier alpha value is -0.870. The highest BCUT2D eigenvalue weighted by Crippen LogP contribution is 2.25. The minimum Gasteiger partial charge on any atom is -0.326 e. The number of hydrogen-bond acceptors (Lipinski definition) is 3. The molecule has 0 saturated heterocycles. The van der Waals surface area contributed by atoms with E-state index in [9.17, 15) is 0 Å². The molecule has 3 nitrogen and oxygen atoms in total. The van der Waals surface area contributed by atoms with Gasteiger partial charge in [0.05, 0.1) is 0 Å². The molecule has 12 heavy (non-hydrogen) atoms. The standard InChI is InChI=1S/C8H11N3S/c1-2-7-6-3-5(4-9)12-8(6)11-10-7/h3H,2,4,9H2,1H3,(H,10,11). The zero-order valence-electron chi connectivity index (χ0n) is 6.92. The van der Waals surface area contributed by atoms with E-state index in [2.05, 4.69) is 23.2 Å². The van der Waals surface area contributed by atoms with E-state index in [1.165, 1.54) is 16.0 Å². The number of aryl methyl sites for hydroxylation is 1. The lowest BCUT2D eigenvalue weighted by Crippen LogP contribution is -1.91. The summed E-state index contributed by atoms with van der Waals surface area (Å²) in [5, 5.41) is 8.45. The van der Waals surface area contributed by atoms with E-state index in [4.69, 9.17) is 5.73 Å². The first-order valence-corrected chi connectivity index (χ1v) is 4.82. The van der Waals surface area contributed by atoms with E-state index >= 15 is 0 Å².